The quantitative estimate of drug-likeness (QED) is 0.865. The zero-order chi connectivity index (χ0) is 13.1. The van der Waals surface area contributed by atoms with Gasteiger partial charge in [-0.1, -0.05) is 30.3 Å². The Balaban J connectivity index is 1.71. The van der Waals surface area contributed by atoms with E-state index in [0.717, 1.165) is 16.8 Å². The van der Waals surface area contributed by atoms with Crippen LogP contribution in [0.25, 0.3) is 0 Å². The average molecular weight is 317 g/mol. The highest BCUT2D eigenvalue weighted by molar-refractivity contribution is 9.10. The van der Waals surface area contributed by atoms with Crippen LogP contribution >= 0.6 is 15.9 Å². The highest BCUT2D eigenvalue weighted by atomic mass is 79.9. The van der Waals surface area contributed by atoms with Crippen molar-refractivity contribution in [1.29, 1.82) is 0 Å². The number of hydrogen-bond donors (Lipinski definition) is 1. The van der Waals surface area contributed by atoms with E-state index >= 15 is 0 Å². The van der Waals surface area contributed by atoms with E-state index in [-0.39, 0.29) is 0 Å². The van der Waals surface area contributed by atoms with Crippen LogP contribution in [0.5, 0.6) is 0 Å². The van der Waals surface area contributed by atoms with Gasteiger partial charge >= 0.3 is 0 Å². The average Bonchev–Trinajstić information content (AvgIpc) is 2.45. The number of rotatable bonds is 3. The Hall–Kier alpha value is -1.19. The first kappa shape index (κ1) is 12.8. The predicted octanol–water partition coefficient (Wildman–Crippen LogP) is 4.01. The van der Waals surface area contributed by atoms with Crippen LogP contribution in [0.15, 0.2) is 47.1 Å². The maximum absolute atomic E-state index is 4.47. The molecule has 98 valence electrons. The molecule has 0 amide bonds. The second-order valence-electron chi connectivity index (χ2n) is 4.98. The van der Waals surface area contributed by atoms with Crippen LogP contribution in [0.1, 0.15) is 35.7 Å². The minimum Gasteiger partial charge on any atom is -0.304 e. The molecule has 3 heteroatoms. The lowest BCUT2D eigenvalue weighted by molar-refractivity contribution is 0.456. The SMILES string of the molecule is Brc1cccc(CNC2CCCc3ccccc32)n1. The zero-order valence-electron chi connectivity index (χ0n) is 10.8. The molecule has 2 nitrogen and oxygen atoms in total. The number of halogens is 1. The fraction of sp³-hybridized carbons (Fsp3) is 0.312. The van der Waals surface area contributed by atoms with E-state index < -0.39 is 0 Å². The first-order chi connectivity index (χ1) is 9.33. The van der Waals surface area contributed by atoms with Crippen LogP contribution in [-0.2, 0) is 13.0 Å². The summed E-state index contributed by atoms with van der Waals surface area (Å²) in [6, 6.07) is 15.3. The number of pyridine rings is 1. The van der Waals surface area contributed by atoms with Crippen molar-refractivity contribution in [1.82, 2.24) is 10.3 Å². The maximum atomic E-state index is 4.47. The fourth-order valence-corrected chi connectivity index (χ4v) is 3.12. The van der Waals surface area contributed by atoms with E-state index in [2.05, 4.69) is 56.6 Å². The number of aryl methyl sites for hydroxylation is 1. The highest BCUT2D eigenvalue weighted by Gasteiger charge is 2.18. The molecule has 1 heterocycles. The van der Waals surface area contributed by atoms with Crippen molar-refractivity contribution in [3.63, 3.8) is 0 Å². The molecule has 0 spiro atoms. The summed E-state index contributed by atoms with van der Waals surface area (Å²) in [7, 11) is 0. The largest absolute Gasteiger partial charge is 0.304 e. The van der Waals surface area contributed by atoms with Crippen molar-refractivity contribution < 1.29 is 0 Å². The number of benzene rings is 1. The molecule has 1 unspecified atom stereocenters. The number of fused-ring (bicyclic) bond motifs is 1. The third kappa shape index (κ3) is 3.04. The van der Waals surface area contributed by atoms with Gasteiger partial charge in [0.2, 0.25) is 0 Å². The lowest BCUT2D eigenvalue weighted by atomic mass is 9.88. The van der Waals surface area contributed by atoms with Crippen molar-refractivity contribution in [3.05, 3.63) is 63.9 Å². The third-order valence-corrected chi connectivity index (χ3v) is 4.11. The van der Waals surface area contributed by atoms with Gasteiger partial charge in [0.15, 0.2) is 0 Å². The van der Waals surface area contributed by atoms with E-state index in [1.54, 1.807) is 0 Å². The van der Waals surface area contributed by atoms with Crippen LogP contribution in [0.3, 0.4) is 0 Å². The topological polar surface area (TPSA) is 24.9 Å². The van der Waals surface area contributed by atoms with E-state index in [1.807, 2.05) is 12.1 Å². The van der Waals surface area contributed by atoms with Gasteiger partial charge in [-0.3, -0.25) is 0 Å². The van der Waals surface area contributed by atoms with Gasteiger partial charge in [0, 0.05) is 12.6 Å². The van der Waals surface area contributed by atoms with E-state index in [0.29, 0.717) is 6.04 Å². The first-order valence-corrected chi connectivity index (χ1v) is 7.55. The van der Waals surface area contributed by atoms with Crippen LogP contribution in [0.4, 0.5) is 0 Å². The molecule has 0 bridgehead atoms. The van der Waals surface area contributed by atoms with Crippen molar-refractivity contribution in [2.75, 3.05) is 0 Å². The monoisotopic (exact) mass is 316 g/mol. The summed E-state index contributed by atoms with van der Waals surface area (Å²) in [5, 5.41) is 3.64. The molecule has 1 aromatic carbocycles. The third-order valence-electron chi connectivity index (χ3n) is 3.67. The Morgan fingerprint density at radius 2 is 2.05 bits per heavy atom. The van der Waals surface area contributed by atoms with E-state index in [4.69, 9.17) is 0 Å². The summed E-state index contributed by atoms with van der Waals surface area (Å²) >= 11 is 3.42. The van der Waals surface area contributed by atoms with Crippen LogP contribution in [-0.4, -0.2) is 4.98 Å². The van der Waals surface area contributed by atoms with Crippen molar-refractivity contribution in [3.8, 4) is 0 Å². The molecule has 3 rings (SSSR count). The van der Waals surface area contributed by atoms with Gasteiger partial charge in [-0.2, -0.15) is 0 Å². The van der Waals surface area contributed by atoms with E-state index in [9.17, 15) is 0 Å². The Morgan fingerprint density at radius 1 is 1.16 bits per heavy atom. The van der Waals surface area contributed by atoms with Gasteiger partial charge in [0.1, 0.15) is 4.60 Å². The minimum absolute atomic E-state index is 0.464. The standard InChI is InChI=1S/C16H17BrN2/c17-16-10-4-7-13(19-16)11-18-15-9-3-6-12-5-1-2-8-14(12)15/h1-2,4-5,7-8,10,15,18H,3,6,9,11H2. The fourth-order valence-electron chi connectivity index (χ4n) is 2.74. The van der Waals surface area contributed by atoms with Gasteiger partial charge in [0.25, 0.3) is 0 Å². The maximum Gasteiger partial charge on any atom is 0.106 e. The predicted molar refractivity (Wildman–Crippen MR) is 80.9 cm³/mol. The molecule has 1 N–H and O–H groups in total. The number of aromatic nitrogens is 1. The summed E-state index contributed by atoms with van der Waals surface area (Å²) in [5.41, 5.74) is 4.04. The first-order valence-electron chi connectivity index (χ1n) is 6.75. The molecule has 1 aromatic heterocycles. The van der Waals surface area contributed by atoms with Crippen LogP contribution < -0.4 is 5.32 Å². The summed E-state index contributed by atoms with van der Waals surface area (Å²) < 4.78 is 0.899. The van der Waals surface area contributed by atoms with Crippen molar-refractivity contribution in [2.24, 2.45) is 0 Å². The second kappa shape index (κ2) is 5.85. The van der Waals surface area contributed by atoms with Gasteiger partial charge < -0.3 is 5.32 Å². The highest BCUT2D eigenvalue weighted by Crippen LogP contribution is 2.29. The molecule has 19 heavy (non-hydrogen) atoms. The van der Waals surface area contributed by atoms with Gasteiger partial charge in [-0.15, -0.1) is 0 Å². The molecular formula is C16H17BrN2. The van der Waals surface area contributed by atoms with Crippen LogP contribution in [0, 0.1) is 0 Å². The summed E-state index contributed by atoms with van der Waals surface area (Å²) in [5.74, 6) is 0. The molecular weight excluding hydrogens is 300 g/mol. The van der Waals surface area contributed by atoms with Crippen molar-refractivity contribution in [2.45, 2.75) is 31.8 Å². The Labute approximate surface area is 122 Å². The summed E-state index contributed by atoms with van der Waals surface area (Å²) in [6.45, 7) is 0.818. The van der Waals surface area contributed by atoms with E-state index in [1.165, 1.54) is 30.4 Å². The van der Waals surface area contributed by atoms with Gasteiger partial charge in [-0.25, -0.2) is 4.98 Å². The molecule has 2 aromatic rings. The molecule has 1 aliphatic carbocycles. The molecule has 0 aliphatic heterocycles. The van der Waals surface area contributed by atoms with Gasteiger partial charge in [-0.05, 0) is 58.5 Å². The number of nitrogens with one attached hydrogen (secondary N) is 1. The smallest absolute Gasteiger partial charge is 0.106 e. The lowest BCUT2D eigenvalue weighted by Gasteiger charge is -2.26. The lowest BCUT2D eigenvalue weighted by Crippen LogP contribution is -2.25. The molecule has 1 atom stereocenters. The Morgan fingerprint density at radius 3 is 2.95 bits per heavy atom. The Bertz CT molecular complexity index is 568. The zero-order valence-corrected chi connectivity index (χ0v) is 12.4. The molecule has 0 saturated carbocycles. The number of hydrogen-bond acceptors (Lipinski definition) is 2. The second-order valence-corrected chi connectivity index (χ2v) is 5.79. The molecule has 0 radical (unpaired) electrons. The minimum atomic E-state index is 0.464. The number of nitrogens with zero attached hydrogens (tertiary/aromatic N) is 1. The summed E-state index contributed by atoms with van der Waals surface area (Å²) in [4.78, 5) is 4.47. The van der Waals surface area contributed by atoms with Crippen LogP contribution in [0.2, 0.25) is 0 Å². The molecule has 1 aliphatic rings. The summed E-state index contributed by atoms with van der Waals surface area (Å²) in [6.07, 6.45) is 3.69. The molecule has 0 saturated heterocycles. The molecule has 0 fully saturated rings. The van der Waals surface area contributed by atoms with Gasteiger partial charge in [0.05, 0.1) is 5.69 Å². The Kier molecular flexibility index (Phi) is 3.95. The van der Waals surface area contributed by atoms with Crippen molar-refractivity contribution >= 4 is 15.9 Å². The normalized spacial score (nSPS) is 18.1.